The second kappa shape index (κ2) is 9.89. The minimum Gasteiger partial charge on any atom is -0.495 e. The number of benzene rings is 3. The van der Waals surface area contributed by atoms with E-state index in [-0.39, 0.29) is 18.0 Å². The van der Waals surface area contributed by atoms with Crippen molar-refractivity contribution in [2.75, 3.05) is 12.4 Å². The van der Waals surface area contributed by atoms with Crippen LogP contribution in [0.1, 0.15) is 16.7 Å². The Bertz CT molecular complexity index is 1520. The molecule has 3 aromatic carbocycles. The third-order valence-corrected chi connectivity index (χ3v) is 5.05. The van der Waals surface area contributed by atoms with E-state index in [9.17, 15) is 14.0 Å². The highest BCUT2D eigenvalue weighted by atomic mass is 19.1. The van der Waals surface area contributed by atoms with Gasteiger partial charge in [0, 0.05) is 11.6 Å². The van der Waals surface area contributed by atoms with Gasteiger partial charge in [0.1, 0.15) is 23.2 Å². The van der Waals surface area contributed by atoms with Crippen molar-refractivity contribution in [1.29, 1.82) is 5.26 Å². The Labute approximate surface area is 198 Å². The summed E-state index contributed by atoms with van der Waals surface area (Å²) >= 11 is 0. The first-order chi connectivity index (χ1) is 16.9. The number of oxazole rings is 1. The topological polar surface area (TPSA) is 125 Å². The lowest BCUT2D eigenvalue weighted by atomic mass is 10.1. The van der Waals surface area contributed by atoms with Crippen molar-refractivity contribution in [3.05, 3.63) is 83.2 Å². The molecule has 1 heterocycles. The summed E-state index contributed by atoms with van der Waals surface area (Å²) in [6.07, 6.45) is 2.58. The van der Waals surface area contributed by atoms with Crippen molar-refractivity contribution in [1.82, 2.24) is 4.98 Å². The first-order valence-corrected chi connectivity index (χ1v) is 10.3. The molecule has 174 valence electrons. The minimum absolute atomic E-state index is 0.0318. The van der Waals surface area contributed by atoms with Gasteiger partial charge >= 0.3 is 5.97 Å². The summed E-state index contributed by atoms with van der Waals surface area (Å²) in [5.41, 5.74) is 2.73. The highest BCUT2D eigenvalue weighted by Gasteiger charge is 2.13. The quantitative estimate of drug-likeness (QED) is 0.371. The highest BCUT2D eigenvalue weighted by Crippen LogP contribution is 2.28. The summed E-state index contributed by atoms with van der Waals surface area (Å²) in [5, 5.41) is 20.6. The zero-order chi connectivity index (χ0) is 24.9. The fraction of sp³-hybridized carbons (Fsp3) is 0.0769. The minimum atomic E-state index is -0.960. The molecule has 1 aromatic heterocycles. The van der Waals surface area contributed by atoms with E-state index in [1.165, 1.54) is 31.4 Å². The molecule has 0 saturated heterocycles. The number of hydrogen-bond donors (Lipinski definition) is 2. The van der Waals surface area contributed by atoms with Crippen LogP contribution >= 0.6 is 0 Å². The van der Waals surface area contributed by atoms with Crippen LogP contribution in [0.5, 0.6) is 5.75 Å². The number of anilines is 1. The molecule has 4 aromatic rings. The van der Waals surface area contributed by atoms with Crippen molar-refractivity contribution >= 4 is 34.7 Å². The van der Waals surface area contributed by atoms with E-state index in [0.717, 1.165) is 0 Å². The zero-order valence-electron chi connectivity index (χ0n) is 18.4. The molecule has 0 aliphatic rings. The Hall–Kier alpha value is -4.97. The molecule has 1 amide bonds. The Morgan fingerprint density at radius 2 is 2.03 bits per heavy atom. The van der Waals surface area contributed by atoms with Gasteiger partial charge in [-0.25, -0.2) is 9.37 Å². The van der Waals surface area contributed by atoms with Gasteiger partial charge < -0.3 is 19.6 Å². The molecule has 0 saturated carbocycles. The van der Waals surface area contributed by atoms with E-state index >= 15 is 0 Å². The third kappa shape index (κ3) is 5.34. The van der Waals surface area contributed by atoms with Crippen LogP contribution in [0.4, 0.5) is 10.1 Å². The molecule has 0 spiro atoms. The molecule has 0 aliphatic carbocycles. The van der Waals surface area contributed by atoms with Crippen molar-refractivity contribution in [2.45, 2.75) is 6.42 Å². The van der Waals surface area contributed by atoms with Gasteiger partial charge in [-0.1, -0.05) is 12.1 Å². The van der Waals surface area contributed by atoms with Gasteiger partial charge in [-0.15, -0.1) is 0 Å². The van der Waals surface area contributed by atoms with Crippen LogP contribution in [0.15, 0.2) is 65.1 Å². The van der Waals surface area contributed by atoms with Gasteiger partial charge in [0.05, 0.1) is 24.8 Å². The molecule has 0 bridgehead atoms. The van der Waals surface area contributed by atoms with Gasteiger partial charge in [-0.3, -0.25) is 9.59 Å². The number of rotatable bonds is 7. The molecular formula is C26H18FN3O5. The van der Waals surface area contributed by atoms with Crippen LogP contribution in [0.2, 0.25) is 0 Å². The van der Waals surface area contributed by atoms with E-state index in [1.54, 1.807) is 42.5 Å². The number of carbonyl (C=O) groups excluding carboxylic acids is 1. The summed E-state index contributed by atoms with van der Waals surface area (Å²) in [5.74, 6) is -1.61. The fourth-order valence-corrected chi connectivity index (χ4v) is 3.39. The largest absolute Gasteiger partial charge is 0.495 e. The number of fused-ring (bicyclic) bond motifs is 1. The second-order valence-electron chi connectivity index (χ2n) is 7.48. The van der Waals surface area contributed by atoms with Gasteiger partial charge in [-0.05, 0) is 59.7 Å². The SMILES string of the molecule is COc1ccc(/C=C/C(=O)Nc2ccc(-c3nc4cc(CC(=O)O)ccc4o3)cc2F)cc1C#N. The summed E-state index contributed by atoms with van der Waals surface area (Å²) in [6, 6.07) is 15.9. The van der Waals surface area contributed by atoms with Crippen LogP contribution in [0, 0.1) is 17.1 Å². The maximum absolute atomic E-state index is 14.7. The molecule has 0 unspecified atom stereocenters. The zero-order valence-corrected chi connectivity index (χ0v) is 18.4. The first kappa shape index (κ1) is 23.2. The summed E-state index contributed by atoms with van der Waals surface area (Å²) < 4.78 is 25.4. The Balaban J connectivity index is 1.48. The lowest BCUT2D eigenvalue weighted by Gasteiger charge is -2.05. The van der Waals surface area contributed by atoms with Gasteiger partial charge in [0.2, 0.25) is 11.8 Å². The summed E-state index contributed by atoms with van der Waals surface area (Å²) in [6.45, 7) is 0. The Kier molecular flexibility index (Phi) is 6.55. The lowest BCUT2D eigenvalue weighted by Crippen LogP contribution is -2.09. The molecule has 0 aliphatic heterocycles. The molecule has 4 rings (SSSR count). The number of methoxy groups -OCH3 is 1. The van der Waals surface area contributed by atoms with E-state index < -0.39 is 17.7 Å². The lowest BCUT2D eigenvalue weighted by molar-refractivity contribution is -0.136. The van der Waals surface area contributed by atoms with E-state index in [4.69, 9.17) is 19.5 Å². The van der Waals surface area contributed by atoms with Crippen molar-refractivity contribution in [2.24, 2.45) is 0 Å². The molecule has 0 radical (unpaired) electrons. The van der Waals surface area contributed by atoms with Crippen LogP contribution in [-0.4, -0.2) is 29.1 Å². The van der Waals surface area contributed by atoms with Crippen molar-refractivity contribution in [3.63, 3.8) is 0 Å². The number of carbonyl (C=O) groups is 2. The predicted molar refractivity (Wildman–Crippen MR) is 126 cm³/mol. The number of aliphatic carboxylic acids is 1. The van der Waals surface area contributed by atoms with Crippen LogP contribution in [-0.2, 0) is 16.0 Å². The molecule has 0 atom stereocenters. The Morgan fingerprint density at radius 1 is 1.20 bits per heavy atom. The maximum Gasteiger partial charge on any atom is 0.307 e. The first-order valence-electron chi connectivity index (χ1n) is 10.3. The van der Waals surface area contributed by atoms with Crippen LogP contribution in [0.3, 0.4) is 0 Å². The molecule has 9 heteroatoms. The number of amides is 1. The summed E-state index contributed by atoms with van der Waals surface area (Å²) in [7, 11) is 1.46. The number of nitrogens with one attached hydrogen (secondary N) is 1. The number of halogens is 1. The van der Waals surface area contributed by atoms with Crippen molar-refractivity contribution < 1.29 is 28.2 Å². The number of carboxylic acid groups (broad SMARTS) is 1. The smallest absolute Gasteiger partial charge is 0.307 e. The van der Waals surface area contributed by atoms with Crippen molar-refractivity contribution in [3.8, 4) is 23.3 Å². The molecule has 35 heavy (non-hydrogen) atoms. The number of hydrogen-bond acceptors (Lipinski definition) is 6. The van der Waals surface area contributed by atoms with E-state index in [0.29, 0.717) is 39.1 Å². The van der Waals surface area contributed by atoms with Crippen LogP contribution in [0.25, 0.3) is 28.6 Å². The fourth-order valence-electron chi connectivity index (χ4n) is 3.39. The normalized spacial score (nSPS) is 10.9. The second-order valence-corrected chi connectivity index (χ2v) is 7.48. The van der Waals surface area contributed by atoms with E-state index in [2.05, 4.69) is 10.3 Å². The number of aromatic nitrogens is 1. The highest BCUT2D eigenvalue weighted by molar-refractivity contribution is 6.02. The number of carboxylic acids is 1. The Morgan fingerprint density at radius 3 is 2.74 bits per heavy atom. The average molecular weight is 471 g/mol. The third-order valence-electron chi connectivity index (χ3n) is 5.05. The number of nitriles is 1. The average Bonchev–Trinajstić information content (AvgIpc) is 3.27. The van der Waals surface area contributed by atoms with E-state index in [1.807, 2.05) is 6.07 Å². The standard InChI is InChI=1S/C26H18FN3O5/c1-34-22-7-2-15(10-18(22)14-28)4-9-24(31)29-20-6-5-17(13-19(20)27)26-30-21-11-16(12-25(32)33)3-8-23(21)35-26/h2-11,13H,12H2,1H3,(H,29,31)(H,32,33)/b9-4+. The maximum atomic E-state index is 14.7. The van der Waals surface area contributed by atoms with Gasteiger partial charge in [0.25, 0.3) is 0 Å². The molecule has 2 N–H and O–H groups in total. The molecule has 0 fully saturated rings. The number of nitrogens with zero attached hydrogens (tertiary/aromatic N) is 2. The molecule has 8 nitrogen and oxygen atoms in total. The summed E-state index contributed by atoms with van der Waals surface area (Å²) in [4.78, 5) is 27.5. The molecular weight excluding hydrogens is 453 g/mol. The van der Waals surface area contributed by atoms with Gasteiger partial charge in [0.15, 0.2) is 5.58 Å². The monoisotopic (exact) mass is 471 g/mol. The predicted octanol–water partition coefficient (Wildman–Crippen LogP) is 4.79. The van der Waals surface area contributed by atoms with Crippen LogP contribution < -0.4 is 10.1 Å². The number of ether oxygens (including phenoxy) is 1. The van der Waals surface area contributed by atoms with Gasteiger partial charge in [-0.2, -0.15) is 5.26 Å².